The third-order valence-electron chi connectivity index (χ3n) is 4.54. The van der Waals surface area contributed by atoms with Gasteiger partial charge in [-0.05, 0) is 50.5 Å². The number of ether oxygens (including phenoxy) is 1. The van der Waals surface area contributed by atoms with Crippen LogP contribution in [-0.2, 0) is 0 Å². The fourth-order valence-electron chi connectivity index (χ4n) is 3.39. The predicted octanol–water partition coefficient (Wildman–Crippen LogP) is 2.40. The zero-order valence-corrected chi connectivity index (χ0v) is 12.9. The number of hydrogen-bond acceptors (Lipinski definition) is 5. The summed E-state index contributed by atoms with van der Waals surface area (Å²) in [4.78, 5) is 16.4. The molecule has 0 spiro atoms. The largest absolute Gasteiger partial charge is 0.417 e. The van der Waals surface area contributed by atoms with Crippen LogP contribution in [0, 0.1) is 6.92 Å². The molecule has 6 heteroatoms. The lowest BCUT2D eigenvalue weighted by Crippen LogP contribution is -2.42. The van der Waals surface area contributed by atoms with Gasteiger partial charge in [-0.1, -0.05) is 0 Å². The summed E-state index contributed by atoms with van der Waals surface area (Å²) < 4.78 is 10.6. The summed E-state index contributed by atoms with van der Waals surface area (Å²) in [7, 11) is 0. The Morgan fingerprint density at radius 3 is 2.78 bits per heavy atom. The second kappa shape index (κ2) is 5.70. The van der Waals surface area contributed by atoms with Crippen LogP contribution in [0.15, 0.2) is 34.9 Å². The van der Waals surface area contributed by atoms with E-state index < -0.39 is 0 Å². The normalized spacial score (nSPS) is 25.5. The first-order valence-electron chi connectivity index (χ1n) is 7.94. The van der Waals surface area contributed by atoms with Crippen molar-refractivity contribution in [3.63, 3.8) is 0 Å². The Labute approximate surface area is 134 Å². The van der Waals surface area contributed by atoms with Crippen molar-refractivity contribution in [2.75, 3.05) is 0 Å². The average Bonchev–Trinajstić information content (AvgIpc) is 3.25. The van der Waals surface area contributed by atoms with E-state index in [1.165, 1.54) is 12.7 Å². The molecule has 0 radical (unpaired) electrons. The zero-order valence-electron chi connectivity index (χ0n) is 12.9. The predicted molar refractivity (Wildman–Crippen MR) is 83.6 cm³/mol. The van der Waals surface area contributed by atoms with Gasteiger partial charge >= 0.3 is 6.08 Å². The maximum Gasteiger partial charge on any atom is 0.399 e. The second-order valence-electron chi connectivity index (χ2n) is 6.24. The average molecular weight is 313 g/mol. The van der Waals surface area contributed by atoms with Crippen molar-refractivity contribution in [2.45, 2.75) is 44.3 Å². The van der Waals surface area contributed by atoms with Crippen LogP contribution in [0.4, 0.5) is 0 Å². The van der Waals surface area contributed by atoms with Gasteiger partial charge in [0.1, 0.15) is 12.0 Å². The zero-order chi connectivity index (χ0) is 15.8. The van der Waals surface area contributed by atoms with Gasteiger partial charge in [-0.25, -0.2) is 0 Å². The third-order valence-corrected chi connectivity index (χ3v) is 4.54. The van der Waals surface area contributed by atoms with E-state index in [2.05, 4.69) is 15.6 Å². The Morgan fingerprint density at radius 2 is 2.17 bits per heavy atom. The molecule has 2 aliphatic heterocycles. The Bertz CT molecular complexity index is 710. The van der Waals surface area contributed by atoms with Gasteiger partial charge in [-0.15, -0.1) is 0 Å². The quantitative estimate of drug-likeness (QED) is 0.906. The Morgan fingerprint density at radius 1 is 1.35 bits per heavy atom. The molecule has 3 atom stereocenters. The van der Waals surface area contributed by atoms with E-state index >= 15 is 0 Å². The molecule has 0 aliphatic carbocycles. The number of aromatic nitrogens is 1. The van der Waals surface area contributed by atoms with Crippen LogP contribution >= 0.6 is 0 Å². The smallest absolute Gasteiger partial charge is 0.399 e. The van der Waals surface area contributed by atoms with Crippen molar-refractivity contribution in [2.24, 2.45) is 0 Å². The highest BCUT2D eigenvalue weighted by molar-refractivity contribution is 5.94. The van der Waals surface area contributed by atoms with Gasteiger partial charge in [0.05, 0.1) is 5.69 Å². The van der Waals surface area contributed by atoms with Crippen LogP contribution < -0.4 is 15.4 Å². The lowest BCUT2D eigenvalue weighted by atomic mass is 9.95. The summed E-state index contributed by atoms with van der Waals surface area (Å²) in [6.45, 7) is 1.83. The molecule has 2 saturated heterocycles. The second-order valence-corrected chi connectivity index (χ2v) is 6.24. The summed E-state index contributed by atoms with van der Waals surface area (Å²) in [5.41, 5.74) is 1.39. The Balaban J connectivity index is 1.38. The highest BCUT2D eigenvalue weighted by atomic mass is 16.6. The molecule has 1 aromatic carbocycles. The first-order chi connectivity index (χ1) is 11.2. The summed E-state index contributed by atoms with van der Waals surface area (Å²) in [5.74, 6) is 0.549. The van der Waals surface area contributed by atoms with Crippen molar-refractivity contribution in [1.82, 2.24) is 15.6 Å². The molecular weight excluding hydrogens is 294 g/mol. The van der Waals surface area contributed by atoms with Crippen LogP contribution in [0.1, 0.15) is 35.3 Å². The molecular formula is C17H19N3O3. The Hall–Kier alpha value is -2.34. The molecule has 3 heterocycles. The lowest BCUT2D eigenvalue weighted by molar-refractivity contribution is 0.0931. The molecule has 3 unspecified atom stereocenters. The van der Waals surface area contributed by atoms with Crippen LogP contribution in [0.3, 0.4) is 0 Å². The topological polar surface area (TPSA) is 76.4 Å². The highest BCUT2D eigenvalue weighted by Crippen LogP contribution is 2.28. The summed E-state index contributed by atoms with van der Waals surface area (Å²) >= 11 is 0. The van der Waals surface area contributed by atoms with Gasteiger partial charge in [0.25, 0.3) is 5.91 Å². The fourth-order valence-corrected chi connectivity index (χ4v) is 3.39. The minimum atomic E-state index is -0.0390. The standard InChI is InChI=1S/C17H19N3O3/c1-10-9-22-17(18-10)23-13-5-2-11(3-6-13)16(21)20-15-8-12-4-7-14(15)19-12/h2-3,5-6,9,12,14-15,19H,4,7-8H2,1H3,(H,20,21). The van der Waals surface area contributed by atoms with Crippen LogP contribution in [0.5, 0.6) is 11.8 Å². The SMILES string of the molecule is Cc1coc(Oc2ccc(C(=O)NC3CC4CCC3N4)cc2)n1. The van der Waals surface area contributed by atoms with E-state index in [4.69, 9.17) is 9.15 Å². The number of amides is 1. The third kappa shape index (κ3) is 2.94. The Kier molecular flexibility index (Phi) is 3.53. The molecule has 0 saturated carbocycles. The van der Waals surface area contributed by atoms with Crippen molar-refractivity contribution in [3.05, 3.63) is 41.8 Å². The molecule has 6 nitrogen and oxygen atoms in total. The van der Waals surface area contributed by atoms with Crippen molar-refractivity contribution < 1.29 is 13.9 Å². The van der Waals surface area contributed by atoms with E-state index in [0.717, 1.165) is 18.5 Å². The number of oxazole rings is 1. The molecule has 1 amide bonds. The van der Waals surface area contributed by atoms with Gasteiger partial charge in [0.2, 0.25) is 0 Å². The molecule has 2 bridgehead atoms. The molecule has 1 aromatic heterocycles. The van der Waals surface area contributed by atoms with Gasteiger partial charge in [-0.3, -0.25) is 4.79 Å². The lowest BCUT2D eigenvalue weighted by Gasteiger charge is -2.21. The number of rotatable bonds is 4. The van der Waals surface area contributed by atoms with E-state index in [-0.39, 0.29) is 18.0 Å². The molecule has 23 heavy (non-hydrogen) atoms. The van der Waals surface area contributed by atoms with Crippen LogP contribution in [-0.4, -0.2) is 29.0 Å². The van der Waals surface area contributed by atoms with E-state index in [9.17, 15) is 4.79 Å². The molecule has 2 aliphatic rings. The summed E-state index contributed by atoms with van der Waals surface area (Å²) in [5, 5.41) is 6.65. The van der Waals surface area contributed by atoms with Crippen LogP contribution in [0.2, 0.25) is 0 Å². The molecule has 120 valence electrons. The summed E-state index contributed by atoms with van der Waals surface area (Å²) in [6.07, 6.45) is 5.14. The number of nitrogens with zero attached hydrogens (tertiary/aromatic N) is 1. The number of benzene rings is 1. The number of nitrogens with one attached hydrogen (secondary N) is 2. The first kappa shape index (κ1) is 14.3. The maximum absolute atomic E-state index is 12.3. The van der Waals surface area contributed by atoms with Gasteiger partial charge < -0.3 is 19.8 Å². The van der Waals surface area contributed by atoms with Gasteiger partial charge in [0, 0.05) is 23.7 Å². The van der Waals surface area contributed by atoms with Crippen molar-refractivity contribution in [3.8, 4) is 11.8 Å². The van der Waals surface area contributed by atoms with E-state index in [0.29, 0.717) is 23.4 Å². The molecule has 2 N–H and O–H groups in total. The number of carbonyl (C=O) groups excluding carboxylic acids is 1. The highest BCUT2D eigenvalue weighted by Gasteiger charge is 2.39. The summed E-state index contributed by atoms with van der Waals surface area (Å²) in [6, 6.07) is 8.24. The number of fused-ring (bicyclic) bond motifs is 2. The number of carbonyl (C=O) groups is 1. The minimum absolute atomic E-state index is 0.0390. The van der Waals surface area contributed by atoms with E-state index in [1.807, 2.05) is 6.92 Å². The number of hydrogen-bond donors (Lipinski definition) is 2. The molecule has 4 rings (SSSR count). The maximum atomic E-state index is 12.3. The van der Waals surface area contributed by atoms with E-state index in [1.54, 1.807) is 24.3 Å². The van der Waals surface area contributed by atoms with Gasteiger partial charge in [-0.2, -0.15) is 4.98 Å². The van der Waals surface area contributed by atoms with Gasteiger partial charge in [0.15, 0.2) is 0 Å². The van der Waals surface area contributed by atoms with Crippen molar-refractivity contribution in [1.29, 1.82) is 0 Å². The minimum Gasteiger partial charge on any atom is -0.417 e. The monoisotopic (exact) mass is 313 g/mol. The van der Waals surface area contributed by atoms with Crippen molar-refractivity contribution >= 4 is 5.91 Å². The molecule has 2 aromatic rings. The fraction of sp³-hybridized carbons (Fsp3) is 0.412. The molecule has 2 fully saturated rings. The van der Waals surface area contributed by atoms with Crippen LogP contribution in [0.25, 0.3) is 0 Å². The first-order valence-corrected chi connectivity index (χ1v) is 7.94. The number of aryl methyl sites for hydroxylation is 1.